The minimum Gasteiger partial charge on any atom is -0.260 e. The first-order chi connectivity index (χ1) is 4.30. The van der Waals surface area contributed by atoms with Crippen LogP contribution in [-0.2, 0) is 0 Å². The molecule has 0 N–H and O–H groups in total. The number of rotatable bonds is 1. The molecule has 0 fully saturated rings. The van der Waals surface area contributed by atoms with Crippen LogP contribution in [0.5, 0.6) is 0 Å². The third kappa shape index (κ3) is 2.80. The van der Waals surface area contributed by atoms with Crippen molar-refractivity contribution >= 4 is 32.9 Å². The molecule has 0 aliphatic heterocycles. The predicted molar refractivity (Wildman–Crippen MR) is 51.9 cm³/mol. The van der Waals surface area contributed by atoms with Gasteiger partial charge < -0.3 is 0 Å². The van der Waals surface area contributed by atoms with E-state index in [0.29, 0.717) is 4.83 Å². The molecule has 1 aromatic rings. The third-order valence-corrected chi connectivity index (χ3v) is 1.56. The van der Waals surface area contributed by atoms with Gasteiger partial charge >= 0.3 is 0 Å². The Bertz CT molecular complexity index is 174. The largest absolute Gasteiger partial charge is 0.260 e. The zero-order valence-corrected chi connectivity index (χ0v) is 8.92. The van der Waals surface area contributed by atoms with Gasteiger partial charge in [-0.15, -0.1) is 17.0 Å². The summed E-state index contributed by atoms with van der Waals surface area (Å²) in [6.45, 7) is 2.06. The van der Waals surface area contributed by atoms with E-state index in [0.717, 1.165) is 5.69 Å². The SMILES string of the molecule is Br.CC(Br)c1ccccn1. The highest BCUT2D eigenvalue weighted by molar-refractivity contribution is 9.09. The van der Waals surface area contributed by atoms with Gasteiger partial charge in [-0.3, -0.25) is 4.98 Å². The standard InChI is InChI=1S/C7H8BrN.BrH/c1-6(8)7-4-2-3-5-9-7;/h2-6H,1H3;1H. The van der Waals surface area contributed by atoms with Crippen molar-refractivity contribution in [2.75, 3.05) is 0 Å². The van der Waals surface area contributed by atoms with Gasteiger partial charge in [0.2, 0.25) is 0 Å². The lowest BCUT2D eigenvalue weighted by Gasteiger charge is -1.98. The quantitative estimate of drug-likeness (QED) is 0.712. The van der Waals surface area contributed by atoms with Crippen LogP contribution >= 0.6 is 32.9 Å². The molecule has 0 spiro atoms. The Morgan fingerprint density at radius 2 is 2.20 bits per heavy atom. The van der Waals surface area contributed by atoms with Crippen LogP contribution in [0.3, 0.4) is 0 Å². The number of nitrogens with zero attached hydrogens (tertiary/aromatic N) is 1. The van der Waals surface area contributed by atoms with Gasteiger partial charge in [0.25, 0.3) is 0 Å². The van der Waals surface area contributed by atoms with E-state index in [1.54, 1.807) is 6.20 Å². The smallest absolute Gasteiger partial charge is 0.0539 e. The maximum Gasteiger partial charge on any atom is 0.0539 e. The average molecular weight is 267 g/mol. The molecule has 0 radical (unpaired) electrons. The van der Waals surface area contributed by atoms with E-state index < -0.39 is 0 Å². The molecule has 1 atom stereocenters. The summed E-state index contributed by atoms with van der Waals surface area (Å²) in [5.74, 6) is 0. The summed E-state index contributed by atoms with van der Waals surface area (Å²) in [4.78, 5) is 4.49. The van der Waals surface area contributed by atoms with E-state index in [1.807, 2.05) is 18.2 Å². The van der Waals surface area contributed by atoms with Crippen LogP contribution in [-0.4, -0.2) is 4.98 Å². The lowest BCUT2D eigenvalue weighted by Crippen LogP contribution is -1.85. The number of halogens is 2. The molecule has 0 amide bonds. The molecule has 0 saturated carbocycles. The Kier molecular flexibility index (Phi) is 4.91. The van der Waals surface area contributed by atoms with E-state index in [4.69, 9.17) is 0 Å². The Balaban J connectivity index is 0.000000810. The van der Waals surface area contributed by atoms with Crippen LogP contribution in [0.1, 0.15) is 17.4 Å². The molecule has 0 saturated heterocycles. The zero-order chi connectivity index (χ0) is 6.69. The normalized spacial score (nSPS) is 11.8. The summed E-state index contributed by atoms with van der Waals surface area (Å²) in [5, 5.41) is 0. The van der Waals surface area contributed by atoms with Gasteiger partial charge in [0, 0.05) is 6.20 Å². The average Bonchev–Trinajstić information content (AvgIpc) is 1.90. The van der Waals surface area contributed by atoms with E-state index in [1.165, 1.54) is 0 Å². The fraction of sp³-hybridized carbons (Fsp3) is 0.286. The van der Waals surface area contributed by atoms with Gasteiger partial charge in [-0.05, 0) is 19.1 Å². The lowest BCUT2D eigenvalue weighted by molar-refractivity contribution is 1.02. The van der Waals surface area contributed by atoms with Crippen molar-refractivity contribution in [1.82, 2.24) is 4.98 Å². The minimum absolute atomic E-state index is 0. The molecule has 1 unspecified atom stereocenters. The number of pyridine rings is 1. The van der Waals surface area contributed by atoms with Gasteiger partial charge in [-0.1, -0.05) is 22.0 Å². The first kappa shape index (κ1) is 10.1. The third-order valence-electron chi connectivity index (χ3n) is 1.10. The van der Waals surface area contributed by atoms with Gasteiger partial charge in [-0.2, -0.15) is 0 Å². The van der Waals surface area contributed by atoms with Crippen LogP contribution in [0.2, 0.25) is 0 Å². The van der Waals surface area contributed by atoms with E-state index in [-0.39, 0.29) is 17.0 Å². The lowest BCUT2D eigenvalue weighted by atomic mass is 10.3. The molecule has 0 aromatic carbocycles. The van der Waals surface area contributed by atoms with Crippen molar-refractivity contribution < 1.29 is 0 Å². The maximum atomic E-state index is 4.13. The molecular formula is C7H9Br2N. The molecule has 1 nitrogen and oxygen atoms in total. The zero-order valence-electron chi connectivity index (χ0n) is 5.62. The second-order valence-electron chi connectivity index (χ2n) is 1.87. The van der Waals surface area contributed by atoms with Crippen molar-refractivity contribution in [3.05, 3.63) is 30.1 Å². The van der Waals surface area contributed by atoms with Gasteiger partial charge in [0.1, 0.15) is 0 Å². The topological polar surface area (TPSA) is 12.9 Å². The van der Waals surface area contributed by atoms with Crippen LogP contribution in [0.4, 0.5) is 0 Å². The van der Waals surface area contributed by atoms with Crippen molar-refractivity contribution in [3.8, 4) is 0 Å². The Hall–Kier alpha value is 0.110. The minimum atomic E-state index is 0. The number of hydrogen-bond acceptors (Lipinski definition) is 1. The fourth-order valence-electron chi connectivity index (χ4n) is 0.611. The summed E-state index contributed by atoms with van der Waals surface area (Å²) in [6.07, 6.45) is 1.80. The summed E-state index contributed by atoms with van der Waals surface area (Å²) < 4.78 is 0. The van der Waals surface area contributed by atoms with Crippen molar-refractivity contribution in [2.24, 2.45) is 0 Å². The summed E-state index contributed by atoms with van der Waals surface area (Å²) >= 11 is 3.42. The molecular weight excluding hydrogens is 258 g/mol. The van der Waals surface area contributed by atoms with Crippen LogP contribution < -0.4 is 0 Å². The fourth-order valence-corrected chi connectivity index (χ4v) is 0.882. The Morgan fingerprint density at radius 1 is 1.50 bits per heavy atom. The van der Waals surface area contributed by atoms with Crippen molar-refractivity contribution in [3.63, 3.8) is 0 Å². The highest BCUT2D eigenvalue weighted by Gasteiger charge is 1.97. The second-order valence-corrected chi connectivity index (χ2v) is 3.24. The van der Waals surface area contributed by atoms with Crippen molar-refractivity contribution in [1.29, 1.82) is 0 Å². The molecule has 0 bridgehead atoms. The Labute approximate surface area is 79.8 Å². The molecule has 1 heterocycles. The van der Waals surface area contributed by atoms with Gasteiger partial charge in [0.15, 0.2) is 0 Å². The number of hydrogen-bond donors (Lipinski definition) is 0. The molecule has 3 heteroatoms. The first-order valence-corrected chi connectivity index (χ1v) is 3.77. The maximum absolute atomic E-state index is 4.13. The molecule has 1 rings (SSSR count). The van der Waals surface area contributed by atoms with E-state index in [9.17, 15) is 0 Å². The molecule has 0 aliphatic carbocycles. The molecule has 10 heavy (non-hydrogen) atoms. The number of alkyl halides is 1. The van der Waals surface area contributed by atoms with E-state index in [2.05, 4.69) is 27.8 Å². The highest BCUT2D eigenvalue weighted by Crippen LogP contribution is 2.17. The highest BCUT2D eigenvalue weighted by atomic mass is 79.9. The van der Waals surface area contributed by atoms with E-state index >= 15 is 0 Å². The molecule has 1 aromatic heterocycles. The van der Waals surface area contributed by atoms with Crippen LogP contribution in [0.25, 0.3) is 0 Å². The van der Waals surface area contributed by atoms with Crippen LogP contribution in [0.15, 0.2) is 24.4 Å². The summed E-state index contributed by atoms with van der Waals surface area (Å²) in [6, 6.07) is 5.90. The van der Waals surface area contributed by atoms with Gasteiger partial charge in [-0.25, -0.2) is 0 Å². The van der Waals surface area contributed by atoms with Crippen LogP contribution in [0, 0.1) is 0 Å². The Morgan fingerprint density at radius 3 is 2.50 bits per heavy atom. The van der Waals surface area contributed by atoms with Crippen molar-refractivity contribution in [2.45, 2.75) is 11.8 Å². The van der Waals surface area contributed by atoms with Gasteiger partial charge in [0.05, 0.1) is 10.5 Å². The number of aromatic nitrogens is 1. The first-order valence-electron chi connectivity index (χ1n) is 2.85. The second kappa shape index (κ2) is 4.85. The monoisotopic (exact) mass is 265 g/mol. The summed E-state index contributed by atoms with van der Waals surface area (Å²) in [7, 11) is 0. The summed E-state index contributed by atoms with van der Waals surface area (Å²) in [5.41, 5.74) is 1.08. The molecule has 0 aliphatic rings. The molecule has 56 valence electrons. The predicted octanol–water partition coefficient (Wildman–Crippen LogP) is 3.12.